The van der Waals surface area contributed by atoms with Crippen molar-refractivity contribution in [2.45, 2.75) is 69.7 Å². The Hall–Kier alpha value is -3.41. The minimum Gasteiger partial charge on any atom is -0.494 e. The lowest BCUT2D eigenvalue weighted by atomic mass is 9.61. The van der Waals surface area contributed by atoms with Crippen molar-refractivity contribution in [3.63, 3.8) is 0 Å². The quantitative estimate of drug-likeness (QED) is 0.142. The highest BCUT2D eigenvalue weighted by molar-refractivity contribution is 6.31. The van der Waals surface area contributed by atoms with Gasteiger partial charge >= 0.3 is 0 Å². The molecule has 4 nitrogen and oxygen atoms in total. The first kappa shape index (κ1) is 30.6. The smallest absolute Gasteiger partial charge is 0.119 e. The van der Waals surface area contributed by atoms with Crippen molar-refractivity contribution in [1.29, 1.82) is 0 Å². The van der Waals surface area contributed by atoms with Crippen molar-refractivity contribution in [3.05, 3.63) is 149 Å². The molecule has 1 aliphatic carbocycles. The highest BCUT2D eigenvalue weighted by Crippen LogP contribution is 2.56. The molecule has 1 saturated heterocycles. The van der Waals surface area contributed by atoms with Crippen LogP contribution in [0.3, 0.4) is 0 Å². The Morgan fingerprint density at radius 2 is 1.50 bits per heavy atom. The summed E-state index contributed by atoms with van der Waals surface area (Å²) in [6, 6.07) is 35.2. The molecular formula is C39H41ClO4. The van der Waals surface area contributed by atoms with Crippen LogP contribution in [0.25, 0.3) is 0 Å². The average Bonchev–Trinajstić information content (AvgIpc) is 3.04. The lowest BCUT2D eigenvalue weighted by Gasteiger charge is -2.59. The van der Waals surface area contributed by atoms with Crippen molar-refractivity contribution in [1.82, 2.24) is 0 Å². The zero-order valence-corrected chi connectivity index (χ0v) is 26.1. The molecule has 0 N–H and O–H groups in total. The summed E-state index contributed by atoms with van der Waals surface area (Å²) >= 11 is 6.80. The Morgan fingerprint density at radius 3 is 2.09 bits per heavy atom. The molecule has 5 heteroatoms. The molecule has 4 aromatic rings. The summed E-state index contributed by atoms with van der Waals surface area (Å²) in [5, 5.41) is 0.736. The Morgan fingerprint density at radius 1 is 0.841 bits per heavy atom. The van der Waals surface area contributed by atoms with Gasteiger partial charge in [0.25, 0.3) is 0 Å². The van der Waals surface area contributed by atoms with Gasteiger partial charge in [0.15, 0.2) is 0 Å². The lowest BCUT2D eigenvalue weighted by Crippen LogP contribution is -2.64. The maximum absolute atomic E-state index is 7.13. The molecule has 0 bridgehead atoms. The van der Waals surface area contributed by atoms with E-state index in [0.29, 0.717) is 26.2 Å². The fourth-order valence-corrected chi connectivity index (χ4v) is 6.88. The second kappa shape index (κ2) is 14.1. The summed E-state index contributed by atoms with van der Waals surface area (Å²) in [6.07, 6.45) is 4.71. The van der Waals surface area contributed by atoms with Crippen LogP contribution in [-0.2, 0) is 33.8 Å². The van der Waals surface area contributed by atoms with Crippen LogP contribution >= 0.6 is 11.6 Å². The monoisotopic (exact) mass is 608 g/mol. The Labute approximate surface area is 266 Å². The van der Waals surface area contributed by atoms with Gasteiger partial charge in [-0.2, -0.15) is 0 Å². The molecule has 228 valence electrons. The van der Waals surface area contributed by atoms with E-state index in [2.05, 4.69) is 67.2 Å². The van der Waals surface area contributed by atoms with E-state index in [4.69, 9.17) is 30.5 Å². The Balaban J connectivity index is 1.33. The first-order valence-electron chi connectivity index (χ1n) is 15.7. The second-order valence-electron chi connectivity index (χ2n) is 11.9. The topological polar surface area (TPSA) is 36.9 Å². The summed E-state index contributed by atoms with van der Waals surface area (Å²) < 4.78 is 26.4. The maximum Gasteiger partial charge on any atom is 0.119 e. The van der Waals surface area contributed by atoms with E-state index in [1.165, 1.54) is 5.56 Å². The summed E-state index contributed by atoms with van der Waals surface area (Å²) in [4.78, 5) is 0. The third-order valence-electron chi connectivity index (χ3n) is 9.02. The molecule has 1 aliphatic heterocycles. The predicted octanol–water partition coefficient (Wildman–Crippen LogP) is 9.30. The van der Waals surface area contributed by atoms with Gasteiger partial charge in [0.05, 0.1) is 31.5 Å². The van der Waals surface area contributed by atoms with E-state index >= 15 is 0 Å². The molecule has 0 unspecified atom stereocenters. The molecule has 2 aliphatic rings. The van der Waals surface area contributed by atoms with Crippen molar-refractivity contribution in [2.24, 2.45) is 5.92 Å². The van der Waals surface area contributed by atoms with Crippen LogP contribution < -0.4 is 4.74 Å². The molecule has 0 aromatic heterocycles. The lowest BCUT2D eigenvalue weighted by molar-refractivity contribution is -0.307. The highest BCUT2D eigenvalue weighted by atomic mass is 35.5. The molecule has 2 fully saturated rings. The van der Waals surface area contributed by atoms with Crippen molar-refractivity contribution in [2.75, 3.05) is 6.61 Å². The third kappa shape index (κ3) is 6.79. The summed E-state index contributed by atoms with van der Waals surface area (Å²) in [6.45, 7) is 7.73. The number of benzene rings is 4. The number of fused-ring (bicyclic) bond motifs is 1. The predicted molar refractivity (Wildman–Crippen MR) is 176 cm³/mol. The van der Waals surface area contributed by atoms with Gasteiger partial charge in [-0.05, 0) is 78.6 Å². The zero-order valence-electron chi connectivity index (χ0n) is 25.4. The van der Waals surface area contributed by atoms with Crippen LogP contribution in [0, 0.1) is 5.92 Å². The van der Waals surface area contributed by atoms with Gasteiger partial charge in [0.2, 0.25) is 0 Å². The van der Waals surface area contributed by atoms with Gasteiger partial charge in [0, 0.05) is 10.9 Å². The van der Waals surface area contributed by atoms with Gasteiger partial charge in [-0.1, -0.05) is 103 Å². The van der Waals surface area contributed by atoms with E-state index in [-0.39, 0.29) is 29.8 Å². The minimum absolute atomic E-state index is 0.142. The van der Waals surface area contributed by atoms with Crippen molar-refractivity contribution >= 4 is 11.6 Å². The molecule has 4 aromatic carbocycles. The largest absolute Gasteiger partial charge is 0.494 e. The third-order valence-corrected chi connectivity index (χ3v) is 9.39. The molecule has 1 heterocycles. The van der Waals surface area contributed by atoms with E-state index in [9.17, 15) is 0 Å². The normalized spacial score (nSPS) is 24.2. The van der Waals surface area contributed by atoms with Crippen LogP contribution in [0.5, 0.6) is 5.75 Å². The number of halogens is 1. The van der Waals surface area contributed by atoms with E-state index in [1.807, 2.05) is 55.5 Å². The molecule has 6 rings (SSSR count). The van der Waals surface area contributed by atoms with Gasteiger partial charge in [-0.25, -0.2) is 0 Å². The fourth-order valence-electron chi connectivity index (χ4n) is 6.69. The number of rotatable bonds is 13. The fraction of sp³-hybridized carbons (Fsp3) is 0.333. The van der Waals surface area contributed by atoms with E-state index in [1.54, 1.807) is 0 Å². The van der Waals surface area contributed by atoms with Crippen LogP contribution in [0.15, 0.2) is 116 Å². The first-order valence-corrected chi connectivity index (χ1v) is 16.1. The molecule has 5 atom stereocenters. The summed E-state index contributed by atoms with van der Waals surface area (Å²) in [5.41, 5.74) is 5.21. The summed E-state index contributed by atoms with van der Waals surface area (Å²) in [5.74, 6) is 1.09. The first-order chi connectivity index (χ1) is 21.6. The molecule has 0 spiro atoms. The van der Waals surface area contributed by atoms with Gasteiger partial charge in [-0.15, -0.1) is 6.58 Å². The minimum atomic E-state index is -0.327. The van der Waals surface area contributed by atoms with Crippen LogP contribution in [0.1, 0.15) is 60.1 Å². The van der Waals surface area contributed by atoms with Crippen LogP contribution in [0.2, 0.25) is 5.02 Å². The van der Waals surface area contributed by atoms with Crippen LogP contribution in [-0.4, -0.2) is 24.4 Å². The maximum atomic E-state index is 7.13. The van der Waals surface area contributed by atoms with Crippen LogP contribution in [0.4, 0.5) is 0 Å². The summed E-state index contributed by atoms with van der Waals surface area (Å²) in [7, 11) is 0. The molecule has 44 heavy (non-hydrogen) atoms. The van der Waals surface area contributed by atoms with Crippen molar-refractivity contribution < 1.29 is 18.9 Å². The average molecular weight is 609 g/mol. The van der Waals surface area contributed by atoms with E-state index in [0.717, 1.165) is 52.3 Å². The highest BCUT2D eigenvalue weighted by Gasteiger charge is 2.60. The van der Waals surface area contributed by atoms with Gasteiger partial charge in [-0.3, -0.25) is 0 Å². The zero-order chi connectivity index (χ0) is 30.4. The Bertz CT molecular complexity index is 1510. The van der Waals surface area contributed by atoms with Crippen molar-refractivity contribution in [3.8, 4) is 5.75 Å². The second-order valence-corrected chi connectivity index (χ2v) is 12.3. The molecular weight excluding hydrogens is 568 g/mol. The SMILES string of the molecule is C=CC[C@@]12CC[C@@H]1[C@H](OCc1ccccc1)[C@@H](OCc1ccccc1)[C@H](c1ccc(Cl)c(Cc3ccc(OCC)cc3)c1)O2. The Kier molecular flexibility index (Phi) is 9.83. The van der Waals surface area contributed by atoms with E-state index < -0.39 is 0 Å². The number of hydrogen-bond donors (Lipinski definition) is 0. The van der Waals surface area contributed by atoms with Gasteiger partial charge in [0.1, 0.15) is 18.0 Å². The van der Waals surface area contributed by atoms with Gasteiger partial charge < -0.3 is 18.9 Å². The standard InChI is InChI=1S/C39H41ClO4/c1-3-22-39-23-21-34(39)37(42-26-29-11-7-5-8-12-29)38(43-27-30-13-9-6-10-14-30)36(44-39)31-17-20-35(40)32(25-31)24-28-15-18-33(19-16-28)41-4-2/h3,5-20,25,34,36-38H,1,4,21-24,26-27H2,2H3/t34-,36+,37+,38+,39-/m1/s1. The molecule has 0 amide bonds. The molecule has 1 saturated carbocycles. The number of hydrogen-bond acceptors (Lipinski definition) is 4. The molecule has 0 radical (unpaired) electrons. The number of ether oxygens (including phenoxy) is 4.